The first-order valence-corrected chi connectivity index (χ1v) is 7.32. The van der Waals surface area contributed by atoms with Crippen LogP contribution in [-0.2, 0) is 26.4 Å². The van der Waals surface area contributed by atoms with Crippen molar-refractivity contribution < 1.29 is 4.79 Å². The van der Waals surface area contributed by atoms with E-state index in [2.05, 4.69) is 21.8 Å². The number of hydrogen-bond donors (Lipinski definition) is 2. The molecule has 0 unspecified atom stereocenters. The number of aryl methyl sites for hydroxylation is 1. The Labute approximate surface area is 124 Å². The second-order valence-corrected chi connectivity index (χ2v) is 5.36. The van der Waals surface area contributed by atoms with Crippen molar-refractivity contribution in [2.45, 2.75) is 19.4 Å². The Bertz CT molecular complexity index is 647. The van der Waals surface area contributed by atoms with Crippen molar-refractivity contribution in [2.75, 3.05) is 13.1 Å². The molecule has 2 N–H and O–H groups in total. The molecular formula is C16H20N4O. The SMILES string of the molecule is Cn1ccc(CCNC(=O)c2cccc3c2CCNC3)n1. The van der Waals surface area contributed by atoms with Gasteiger partial charge in [0.2, 0.25) is 0 Å². The van der Waals surface area contributed by atoms with Crippen LogP contribution in [0.3, 0.4) is 0 Å². The molecule has 0 radical (unpaired) electrons. The van der Waals surface area contributed by atoms with E-state index in [-0.39, 0.29) is 5.91 Å². The molecule has 1 aliphatic rings. The maximum Gasteiger partial charge on any atom is 0.251 e. The molecule has 5 nitrogen and oxygen atoms in total. The van der Waals surface area contributed by atoms with Crippen molar-refractivity contribution in [1.29, 1.82) is 0 Å². The van der Waals surface area contributed by atoms with Gasteiger partial charge in [-0.15, -0.1) is 0 Å². The molecule has 2 aromatic rings. The molecule has 0 atom stereocenters. The Kier molecular flexibility index (Phi) is 4.01. The summed E-state index contributed by atoms with van der Waals surface area (Å²) in [7, 11) is 1.90. The van der Waals surface area contributed by atoms with Crippen LogP contribution in [0.15, 0.2) is 30.5 Å². The highest BCUT2D eigenvalue weighted by atomic mass is 16.1. The van der Waals surface area contributed by atoms with Crippen LogP contribution in [0.2, 0.25) is 0 Å². The minimum absolute atomic E-state index is 0.0182. The molecule has 0 saturated carbocycles. The van der Waals surface area contributed by atoms with Gasteiger partial charge in [0.15, 0.2) is 0 Å². The van der Waals surface area contributed by atoms with Gasteiger partial charge in [0.05, 0.1) is 5.69 Å². The fraction of sp³-hybridized carbons (Fsp3) is 0.375. The fourth-order valence-electron chi connectivity index (χ4n) is 2.74. The Morgan fingerprint density at radius 3 is 3.14 bits per heavy atom. The first kappa shape index (κ1) is 13.8. The number of nitrogens with one attached hydrogen (secondary N) is 2. The third-order valence-corrected chi connectivity index (χ3v) is 3.82. The number of fused-ring (bicyclic) bond motifs is 1. The summed E-state index contributed by atoms with van der Waals surface area (Å²) in [4.78, 5) is 12.4. The number of hydrogen-bond acceptors (Lipinski definition) is 3. The number of benzene rings is 1. The zero-order valence-corrected chi connectivity index (χ0v) is 12.2. The van der Waals surface area contributed by atoms with Gasteiger partial charge < -0.3 is 10.6 Å². The Hall–Kier alpha value is -2.14. The second-order valence-electron chi connectivity index (χ2n) is 5.36. The van der Waals surface area contributed by atoms with Crippen molar-refractivity contribution >= 4 is 5.91 Å². The van der Waals surface area contributed by atoms with Crippen molar-refractivity contribution in [3.05, 3.63) is 52.8 Å². The first-order chi connectivity index (χ1) is 10.2. The van der Waals surface area contributed by atoms with Gasteiger partial charge >= 0.3 is 0 Å². The van der Waals surface area contributed by atoms with Gasteiger partial charge in [0, 0.05) is 38.3 Å². The quantitative estimate of drug-likeness (QED) is 0.882. The van der Waals surface area contributed by atoms with E-state index in [0.29, 0.717) is 6.54 Å². The molecule has 0 aliphatic carbocycles. The van der Waals surface area contributed by atoms with Crippen LogP contribution >= 0.6 is 0 Å². The van der Waals surface area contributed by atoms with Crippen molar-refractivity contribution in [3.8, 4) is 0 Å². The minimum Gasteiger partial charge on any atom is -0.352 e. The summed E-state index contributed by atoms with van der Waals surface area (Å²) in [6.07, 6.45) is 3.58. The largest absolute Gasteiger partial charge is 0.352 e. The molecule has 0 bridgehead atoms. The Morgan fingerprint density at radius 1 is 1.43 bits per heavy atom. The minimum atomic E-state index is 0.0182. The van der Waals surface area contributed by atoms with Gasteiger partial charge in [-0.2, -0.15) is 5.10 Å². The van der Waals surface area contributed by atoms with Gasteiger partial charge in [-0.1, -0.05) is 12.1 Å². The summed E-state index contributed by atoms with van der Waals surface area (Å²) >= 11 is 0. The van der Waals surface area contributed by atoms with E-state index in [0.717, 1.165) is 37.2 Å². The molecule has 1 amide bonds. The van der Waals surface area contributed by atoms with Gasteiger partial charge in [-0.3, -0.25) is 9.48 Å². The fourth-order valence-corrected chi connectivity index (χ4v) is 2.74. The summed E-state index contributed by atoms with van der Waals surface area (Å²) in [6, 6.07) is 7.94. The maximum atomic E-state index is 12.4. The van der Waals surface area contributed by atoms with Gasteiger partial charge in [-0.05, 0) is 36.2 Å². The Balaban J connectivity index is 1.63. The van der Waals surface area contributed by atoms with Crippen LogP contribution in [0, 0.1) is 0 Å². The number of nitrogens with zero attached hydrogens (tertiary/aromatic N) is 2. The van der Waals surface area contributed by atoms with E-state index in [1.165, 1.54) is 11.1 Å². The number of carbonyl (C=O) groups is 1. The highest BCUT2D eigenvalue weighted by molar-refractivity contribution is 5.96. The third-order valence-electron chi connectivity index (χ3n) is 3.82. The van der Waals surface area contributed by atoms with E-state index < -0.39 is 0 Å². The van der Waals surface area contributed by atoms with Crippen molar-refractivity contribution in [1.82, 2.24) is 20.4 Å². The molecule has 0 spiro atoms. The van der Waals surface area contributed by atoms with Gasteiger partial charge in [0.25, 0.3) is 5.91 Å². The molecule has 110 valence electrons. The van der Waals surface area contributed by atoms with Crippen LogP contribution in [0.25, 0.3) is 0 Å². The summed E-state index contributed by atoms with van der Waals surface area (Å²) in [5.41, 5.74) is 4.23. The average molecular weight is 284 g/mol. The van der Waals surface area contributed by atoms with Crippen LogP contribution in [0.5, 0.6) is 0 Å². The van der Waals surface area contributed by atoms with Gasteiger partial charge in [0.1, 0.15) is 0 Å². The normalized spacial score (nSPS) is 13.8. The van der Waals surface area contributed by atoms with Crippen LogP contribution in [-0.4, -0.2) is 28.8 Å². The van der Waals surface area contributed by atoms with Crippen LogP contribution in [0.1, 0.15) is 27.2 Å². The van der Waals surface area contributed by atoms with E-state index in [9.17, 15) is 4.79 Å². The smallest absolute Gasteiger partial charge is 0.251 e. The highest BCUT2D eigenvalue weighted by Gasteiger charge is 2.16. The third kappa shape index (κ3) is 3.13. The molecular weight excluding hydrogens is 264 g/mol. The van der Waals surface area contributed by atoms with Crippen molar-refractivity contribution in [3.63, 3.8) is 0 Å². The lowest BCUT2D eigenvalue weighted by Crippen LogP contribution is -2.30. The highest BCUT2D eigenvalue weighted by Crippen LogP contribution is 2.18. The number of amides is 1. The average Bonchev–Trinajstić information content (AvgIpc) is 2.92. The van der Waals surface area contributed by atoms with Crippen LogP contribution in [0.4, 0.5) is 0 Å². The van der Waals surface area contributed by atoms with E-state index in [1.54, 1.807) is 4.68 Å². The molecule has 21 heavy (non-hydrogen) atoms. The topological polar surface area (TPSA) is 59.0 Å². The van der Waals surface area contributed by atoms with Crippen molar-refractivity contribution in [2.24, 2.45) is 7.05 Å². The van der Waals surface area contributed by atoms with Gasteiger partial charge in [-0.25, -0.2) is 0 Å². The zero-order valence-electron chi connectivity index (χ0n) is 12.2. The summed E-state index contributed by atoms with van der Waals surface area (Å²) in [5, 5.41) is 10.6. The first-order valence-electron chi connectivity index (χ1n) is 7.32. The maximum absolute atomic E-state index is 12.4. The van der Waals surface area contributed by atoms with E-state index in [4.69, 9.17) is 0 Å². The molecule has 1 aliphatic heterocycles. The number of carbonyl (C=O) groups excluding carboxylic acids is 1. The molecule has 0 fully saturated rings. The van der Waals surface area contributed by atoms with Crippen LogP contribution < -0.4 is 10.6 Å². The predicted octanol–water partition coefficient (Wildman–Crippen LogP) is 1.04. The lowest BCUT2D eigenvalue weighted by atomic mass is 9.95. The Morgan fingerprint density at radius 2 is 2.33 bits per heavy atom. The predicted molar refractivity (Wildman–Crippen MR) is 81.1 cm³/mol. The lowest BCUT2D eigenvalue weighted by molar-refractivity contribution is 0.0953. The standard InChI is InChI=1S/C16H20N4O/c1-20-10-7-13(19-20)5-9-18-16(21)15-4-2-3-12-11-17-8-6-14(12)15/h2-4,7,10,17H,5-6,8-9,11H2,1H3,(H,18,21). The molecule has 5 heteroatoms. The summed E-state index contributed by atoms with van der Waals surface area (Å²) in [5.74, 6) is 0.0182. The number of aromatic nitrogens is 2. The summed E-state index contributed by atoms with van der Waals surface area (Å²) in [6.45, 7) is 2.40. The monoisotopic (exact) mass is 284 g/mol. The molecule has 1 aromatic heterocycles. The molecule has 2 heterocycles. The molecule has 3 rings (SSSR count). The van der Waals surface area contributed by atoms with E-state index >= 15 is 0 Å². The van der Waals surface area contributed by atoms with E-state index in [1.807, 2.05) is 31.4 Å². The second kappa shape index (κ2) is 6.10. The zero-order chi connectivity index (χ0) is 14.7. The number of rotatable bonds is 4. The molecule has 1 aromatic carbocycles. The molecule has 0 saturated heterocycles. The lowest BCUT2D eigenvalue weighted by Gasteiger charge is -2.19. The summed E-state index contributed by atoms with van der Waals surface area (Å²) < 4.78 is 1.78.